The molecule has 0 saturated carbocycles. The molecule has 0 aliphatic carbocycles. The predicted molar refractivity (Wildman–Crippen MR) is 423 cm³/mol. The van der Waals surface area contributed by atoms with Crippen molar-refractivity contribution in [2.24, 2.45) is 11.8 Å². The molecule has 0 fully saturated rings. The Morgan fingerprint density at radius 3 is 0.738 bits per heavy atom. The van der Waals surface area contributed by atoms with Gasteiger partial charge in [0.2, 0.25) is 0 Å². The molecule has 3 N–H and O–H groups in total. The van der Waals surface area contributed by atoms with Crippen LogP contribution in [-0.2, 0) is 65.4 Å². The number of rotatable bonds is 83. The molecule has 17 nitrogen and oxygen atoms in total. The highest BCUT2D eigenvalue weighted by molar-refractivity contribution is 7.47. The van der Waals surface area contributed by atoms with E-state index in [0.29, 0.717) is 25.7 Å². The number of ether oxygens (including phenoxy) is 4. The topological polar surface area (TPSA) is 237 Å². The minimum atomic E-state index is -4.96. The maximum absolute atomic E-state index is 13.1. The maximum Gasteiger partial charge on any atom is 0.472 e. The van der Waals surface area contributed by atoms with Crippen LogP contribution in [0.2, 0.25) is 0 Å². The highest BCUT2D eigenvalue weighted by Gasteiger charge is 2.30. The van der Waals surface area contributed by atoms with E-state index in [4.69, 9.17) is 37.0 Å². The Bertz CT molecular complexity index is 1980. The summed E-state index contributed by atoms with van der Waals surface area (Å²) in [4.78, 5) is 73.1. The largest absolute Gasteiger partial charge is 0.472 e. The fourth-order valence-electron chi connectivity index (χ4n) is 13.0. The Kier molecular flexibility index (Phi) is 74.1. The van der Waals surface area contributed by atoms with Crippen LogP contribution in [0.3, 0.4) is 0 Å². The number of carbonyl (C=O) groups excluding carboxylic acids is 4. The van der Waals surface area contributed by atoms with Gasteiger partial charge in [-0.3, -0.25) is 37.3 Å². The Hall–Kier alpha value is -1.94. The van der Waals surface area contributed by atoms with Crippen LogP contribution in [0.25, 0.3) is 0 Å². The van der Waals surface area contributed by atoms with Crippen LogP contribution in [0.5, 0.6) is 0 Å². The number of hydrogen-bond acceptors (Lipinski definition) is 15. The van der Waals surface area contributed by atoms with Gasteiger partial charge < -0.3 is 33.8 Å². The third-order valence-corrected chi connectivity index (χ3v) is 22.0. The van der Waals surface area contributed by atoms with Gasteiger partial charge in [0.25, 0.3) is 0 Å². The number of phosphoric ester groups is 2. The smallest absolute Gasteiger partial charge is 0.462 e. The zero-order valence-electron chi connectivity index (χ0n) is 67.6. The van der Waals surface area contributed by atoms with E-state index in [1.807, 2.05) is 0 Å². The molecule has 0 aliphatic heterocycles. The molecule has 0 rings (SSSR count). The lowest BCUT2D eigenvalue weighted by molar-refractivity contribution is -0.161. The fourth-order valence-corrected chi connectivity index (χ4v) is 14.6. The summed E-state index contributed by atoms with van der Waals surface area (Å²) in [5.74, 6) is -0.426. The van der Waals surface area contributed by atoms with Crippen LogP contribution >= 0.6 is 15.6 Å². The highest BCUT2D eigenvalue weighted by atomic mass is 31.2. The molecule has 0 amide bonds. The van der Waals surface area contributed by atoms with E-state index in [2.05, 4.69) is 41.5 Å². The molecule has 0 radical (unpaired) electrons. The van der Waals surface area contributed by atoms with Crippen molar-refractivity contribution in [1.82, 2.24) is 0 Å². The Morgan fingerprint density at radius 1 is 0.282 bits per heavy atom. The van der Waals surface area contributed by atoms with Gasteiger partial charge in [-0.2, -0.15) is 0 Å². The summed E-state index contributed by atoms with van der Waals surface area (Å²) in [5.41, 5.74) is 0. The van der Waals surface area contributed by atoms with Crippen LogP contribution in [0.1, 0.15) is 446 Å². The van der Waals surface area contributed by atoms with Crippen molar-refractivity contribution >= 4 is 39.5 Å². The van der Waals surface area contributed by atoms with E-state index in [1.54, 1.807) is 0 Å². The quantitative estimate of drug-likeness (QED) is 0.0222. The Labute approximate surface area is 632 Å². The van der Waals surface area contributed by atoms with Gasteiger partial charge in [0, 0.05) is 25.7 Å². The van der Waals surface area contributed by atoms with Gasteiger partial charge in [0.05, 0.1) is 26.4 Å². The maximum atomic E-state index is 13.1. The van der Waals surface area contributed by atoms with Crippen molar-refractivity contribution < 1.29 is 80.2 Å². The number of esters is 4. The van der Waals surface area contributed by atoms with Gasteiger partial charge in [-0.05, 0) is 37.5 Å². The van der Waals surface area contributed by atoms with Crippen LogP contribution in [-0.4, -0.2) is 96.7 Å². The van der Waals surface area contributed by atoms with E-state index < -0.39 is 97.5 Å². The molecular formula is C84H164O17P2. The van der Waals surface area contributed by atoms with Crippen molar-refractivity contribution in [1.29, 1.82) is 0 Å². The number of phosphoric acid groups is 2. The van der Waals surface area contributed by atoms with Gasteiger partial charge in [0.1, 0.15) is 19.3 Å². The molecule has 6 atom stereocenters. The Morgan fingerprint density at radius 2 is 0.495 bits per heavy atom. The average molecular weight is 1510 g/mol. The minimum Gasteiger partial charge on any atom is -0.462 e. The lowest BCUT2D eigenvalue weighted by Crippen LogP contribution is -2.30. The first kappa shape index (κ1) is 101. The van der Waals surface area contributed by atoms with Crippen molar-refractivity contribution in [3.8, 4) is 0 Å². The molecule has 0 aromatic heterocycles. The standard InChI is InChI=1S/C84H164O17P2/c1-7-10-12-14-16-18-20-37-44-50-56-62-68-83(88)100-79(72-94-81(86)66-60-54-48-42-34-19-17-15-13-11-8-2)74-98-102(90,91)96-70-78(85)71-97-103(92,93)99-75-80(73-95-82(87)67-61-55-49-43-38-32-29-25-26-30-35-40-46-52-58-64-76(4)5)101-84(89)69-63-57-51-45-39-33-28-24-22-21-23-27-31-36-41-47-53-59-65-77(6)9-3/h76-80,85H,7-75H2,1-6H3,(H,90,91)(H,92,93)/t77?,78-,79+,80+/m0/s1. The van der Waals surface area contributed by atoms with Crippen LogP contribution < -0.4 is 0 Å². The molecular weight excluding hydrogens is 1340 g/mol. The third-order valence-electron chi connectivity index (χ3n) is 20.1. The molecule has 0 heterocycles. The summed E-state index contributed by atoms with van der Waals surface area (Å²) in [7, 11) is -9.92. The Balaban J connectivity index is 5.21. The first-order chi connectivity index (χ1) is 49.9. The van der Waals surface area contributed by atoms with Crippen LogP contribution in [0.15, 0.2) is 0 Å². The molecule has 3 unspecified atom stereocenters. The SMILES string of the molecule is CCCCCCCCCCCCCCC(=O)O[C@H](COC(=O)CCCCCCCCCCCCC)COP(=O)(O)OC[C@H](O)COP(=O)(O)OC[C@@H](COC(=O)CCCCCCCCCCCCCCCCCC(C)C)OC(=O)CCCCCCCCCCCCCCCCCCCCC(C)CC. The number of hydrogen-bond donors (Lipinski definition) is 3. The van der Waals surface area contributed by atoms with E-state index >= 15 is 0 Å². The fraction of sp³-hybridized carbons (Fsp3) is 0.952. The minimum absolute atomic E-state index is 0.108. The molecule has 19 heteroatoms. The summed E-state index contributed by atoms with van der Waals surface area (Å²) in [6.07, 6.45) is 66.5. The summed E-state index contributed by atoms with van der Waals surface area (Å²) in [6, 6.07) is 0. The van der Waals surface area contributed by atoms with E-state index in [9.17, 15) is 43.2 Å². The molecule has 0 aromatic carbocycles. The highest BCUT2D eigenvalue weighted by Crippen LogP contribution is 2.45. The summed E-state index contributed by atoms with van der Waals surface area (Å²) in [5, 5.41) is 10.7. The average Bonchev–Trinajstić information content (AvgIpc) is 0.910. The summed E-state index contributed by atoms with van der Waals surface area (Å²) >= 11 is 0. The van der Waals surface area contributed by atoms with E-state index in [1.165, 1.54) is 263 Å². The van der Waals surface area contributed by atoms with Crippen molar-refractivity contribution in [2.75, 3.05) is 39.6 Å². The number of carbonyl (C=O) groups is 4. The molecule has 0 aliphatic rings. The monoisotopic (exact) mass is 1510 g/mol. The third kappa shape index (κ3) is 76.6. The second kappa shape index (κ2) is 75.5. The van der Waals surface area contributed by atoms with Crippen LogP contribution in [0.4, 0.5) is 0 Å². The normalized spacial score (nSPS) is 14.1. The lowest BCUT2D eigenvalue weighted by Gasteiger charge is -2.21. The first-order valence-electron chi connectivity index (χ1n) is 43.5. The summed E-state index contributed by atoms with van der Waals surface area (Å²) in [6.45, 7) is 9.75. The first-order valence-corrected chi connectivity index (χ1v) is 46.5. The second-order valence-corrected chi connectivity index (χ2v) is 33.8. The van der Waals surface area contributed by atoms with E-state index in [-0.39, 0.29) is 25.7 Å². The van der Waals surface area contributed by atoms with Gasteiger partial charge in [-0.1, -0.05) is 395 Å². The number of unbranched alkanes of at least 4 members (excludes halogenated alkanes) is 52. The summed E-state index contributed by atoms with van der Waals surface area (Å²) < 4.78 is 68.8. The second-order valence-electron chi connectivity index (χ2n) is 30.9. The van der Waals surface area contributed by atoms with Crippen LogP contribution in [0, 0.1) is 11.8 Å². The lowest BCUT2D eigenvalue weighted by atomic mass is 9.99. The van der Waals surface area contributed by atoms with Gasteiger partial charge in [0.15, 0.2) is 12.2 Å². The van der Waals surface area contributed by atoms with Gasteiger partial charge in [-0.15, -0.1) is 0 Å². The van der Waals surface area contributed by atoms with Crippen molar-refractivity contribution in [2.45, 2.75) is 464 Å². The van der Waals surface area contributed by atoms with Gasteiger partial charge in [-0.25, -0.2) is 9.13 Å². The molecule has 0 spiro atoms. The molecule has 612 valence electrons. The molecule has 0 bridgehead atoms. The zero-order valence-corrected chi connectivity index (χ0v) is 69.4. The van der Waals surface area contributed by atoms with Crippen molar-refractivity contribution in [3.05, 3.63) is 0 Å². The molecule has 0 saturated heterocycles. The number of aliphatic hydroxyl groups excluding tert-OH is 1. The predicted octanol–water partition coefficient (Wildman–Crippen LogP) is 25.5. The van der Waals surface area contributed by atoms with Gasteiger partial charge >= 0.3 is 39.5 Å². The molecule has 103 heavy (non-hydrogen) atoms. The van der Waals surface area contributed by atoms with E-state index in [0.717, 1.165) is 102 Å². The molecule has 0 aromatic rings. The number of aliphatic hydroxyl groups is 1. The van der Waals surface area contributed by atoms with Crippen molar-refractivity contribution in [3.63, 3.8) is 0 Å². The zero-order chi connectivity index (χ0) is 75.6.